The second-order valence-electron chi connectivity index (χ2n) is 9.66. The Kier molecular flexibility index (Phi) is 5.93. The minimum absolute atomic E-state index is 0.0535. The standard InChI is InChI=1S/C26H22F4N4O3/c27-20-11-17(12-31)3-8-21(20)33-14-22(35)34(13-16-1-6-19(7-2-16)26(28,29)30)25(24(33)37)9-10-32(15-25)23(36)18-4-5-18/h1-3,6-8,11,18H,4-5,9-10,13-15H2/t25-/m0/s1. The average Bonchev–Trinajstić information content (AvgIpc) is 3.62. The van der Waals surface area contributed by atoms with Crippen molar-refractivity contribution < 1.29 is 31.9 Å². The van der Waals surface area contributed by atoms with Gasteiger partial charge in [0, 0.05) is 19.0 Å². The van der Waals surface area contributed by atoms with E-state index in [1.54, 1.807) is 4.90 Å². The average molecular weight is 514 g/mol. The highest BCUT2D eigenvalue weighted by atomic mass is 19.4. The van der Waals surface area contributed by atoms with Gasteiger partial charge < -0.3 is 9.80 Å². The molecular formula is C26H22F4N4O3. The van der Waals surface area contributed by atoms with Gasteiger partial charge in [-0.3, -0.25) is 19.3 Å². The van der Waals surface area contributed by atoms with Gasteiger partial charge in [-0.15, -0.1) is 0 Å². The van der Waals surface area contributed by atoms with Crippen molar-refractivity contribution in [3.05, 3.63) is 65.0 Å². The Bertz CT molecular complexity index is 1320. The maximum Gasteiger partial charge on any atom is 0.416 e. The lowest BCUT2D eigenvalue weighted by atomic mass is 9.89. The van der Waals surface area contributed by atoms with Crippen molar-refractivity contribution in [1.82, 2.24) is 9.80 Å². The molecule has 3 aliphatic rings. The van der Waals surface area contributed by atoms with Crippen LogP contribution in [0.5, 0.6) is 0 Å². The topological polar surface area (TPSA) is 84.7 Å². The van der Waals surface area contributed by atoms with Crippen molar-refractivity contribution in [1.29, 1.82) is 5.26 Å². The summed E-state index contributed by atoms with van der Waals surface area (Å²) in [6.07, 6.45) is -2.89. The van der Waals surface area contributed by atoms with Crippen molar-refractivity contribution >= 4 is 23.4 Å². The second-order valence-corrected chi connectivity index (χ2v) is 9.66. The number of alkyl halides is 3. The molecule has 0 bridgehead atoms. The lowest BCUT2D eigenvalue weighted by Gasteiger charge is -2.47. The zero-order valence-corrected chi connectivity index (χ0v) is 19.6. The van der Waals surface area contributed by atoms with E-state index in [9.17, 15) is 31.9 Å². The first kappa shape index (κ1) is 24.7. The molecule has 0 aromatic heterocycles. The van der Waals surface area contributed by atoms with Crippen LogP contribution in [0, 0.1) is 23.1 Å². The number of likely N-dealkylation sites (tertiary alicyclic amines) is 1. The maximum absolute atomic E-state index is 14.9. The molecule has 0 unspecified atom stereocenters. The van der Waals surface area contributed by atoms with Crippen molar-refractivity contribution in [3.63, 3.8) is 0 Å². The number of rotatable bonds is 4. The van der Waals surface area contributed by atoms with Gasteiger partial charge in [-0.05, 0) is 55.2 Å². The van der Waals surface area contributed by atoms with Gasteiger partial charge in [0.25, 0.3) is 5.91 Å². The van der Waals surface area contributed by atoms with E-state index < -0.39 is 41.5 Å². The summed E-state index contributed by atoms with van der Waals surface area (Å²) in [6, 6.07) is 9.73. The summed E-state index contributed by atoms with van der Waals surface area (Å²) in [5.41, 5.74) is -2.05. The van der Waals surface area contributed by atoms with Crippen LogP contribution in [0.4, 0.5) is 23.2 Å². The molecule has 37 heavy (non-hydrogen) atoms. The predicted octanol–water partition coefficient (Wildman–Crippen LogP) is 3.47. The molecule has 3 fully saturated rings. The molecule has 2 aromatic rings. The highest BCUT2D eigenvalue weighted by molar-refractivity contribution is 6.10. The van der Waals surface area contributed by atoms with E-state index in [0.29, 0.717) is 5.56 Å². The van der Waals surface area contributed by atoms with Gasteiger partial charge in [-0.25, -0.2) is 4.39 Å². The van der Waals surface area contributed by atoms with Crippen molar-refractivity contribution in [2.45, 2.75) is 37.5 Å². The number of hydrogen-bond donors (Lipinski definition) is 0. The van der Waals surface area contributed by atoms with Gasteiger partial charge in [0.15, 0.2) is 0 Å². The molecule has 2 heterocycles. The number of benzene rings is 2. The van der Waals surface area contributed by atoms with Gasteiger partial charge in [-0.1, -0.05) is 12.1 Å². The Morgan fingerprint density at radius 2 is 1.81 bits per heavy atom. The second kappa shape index (κ2) is 8.87. The number of hydrogen-bond acceptors (Lipinski definition) is 4. The first-order valence-corrected chi connectivity index (χ1v) is 11.8. The van der Waals surface area contributed by atoms with Gasteiger partial charge in [-0.2, -0.15) is 18.4 Å². The van der Waals surface area contributed by atoms with Crippen molar-refractivity contribution in [2.24, 2.45) is 5.92 Å². The molecule has 5 rings (SSSR count). The first-order valence-electron chi connectivity index (χ1n) is 11.8. The minimum Gasteiger partial charge on any atom is -0.339 e. The molecule has 0 radical (unpaired) electrons. The van der Waals surface area contributed by atoms with E-state index in [2.05, 4.69) is 0 Å². The molecule has 2 aliphatic heterocycles. The summed E-state index contributed by atoms with van der Waals surface area (Å²) in [5.74, 6) is -2.15. The smallest absolute Gasteiger partial charge is 0.339 e. The Balaban J connectivity index is 1.50. The number of anilines is 1. The molecule has 3 amide bonds. The lowest BCUT2D eigenvalue weighted by molar-refractivity contribution is -0.151. The molecule has 1 aliphatic carbocycles. The van der Waals surface area contributed by atoms with Crippen LogP contribution in [0.15, 0.2) is 42.5 Å². The zero-order chi connectivity index (χ0) is 26.5. The molecule has 0 N–H and O–H groups in total. The predicted molar refractivity (Wildman–Crippen MR) is 122 cm³/mol. The minimum atomic E-state index is -4.52. The number of carbonyl (C=O) groups excluding carboxylic acids is 3. The fraction of sp³-hybridized carbons (Fsp3) is 0.385. The molecule has 2 aromatic carbocycles. The summed E-state index contributed by atoms with van der Waals surface area (Å²) < 4.78 is 53.9. The van der Waals surface area contributed by atoms with Crippen LogP contribution < -0.4 is 4.90 Å². The number of halogens is 4. The fourth-order valence-electron chi connectivity index (χ4n) is 5.07. The van der Waals surface area contributed by atoms with Crippen LogP contribution in [0.3, 0.4) is 0 Å². The first-order chi connectivity index (χ1) is 17.5. The van der Waals surface area contributed by atoms with E-state index >= 15 is 0 Å². The van der Waals surface area contributed by atoms with Gasteiger partial charge in [0.05, 0.1) is 29.4 Å². The fourth-order valence-corrected chi connectivity index (χ4v) is 5.07. The van der Waals surface area contributed by atoms with Crippen LogP contribution in [0.2, 0.25) is 0 Å². The highest BCUT2D eigenvalue weighted by Crippen LogP contribution is 2.40. The maximum atomic E-state index is 14.9. The molecule has 1 spiro atoms. The Morgan fingerprint density at radius 3 is 2.41 bits per heavy atom. The van der Waals surface area contributed by atoms with E-state index in [1.807, 2.05) is 6.07 Å². The molecular weight excluding hydrogens is 492 g/mol. The number of piperazine rings is 1. The normalized spacial score (nSPS) is 22.1. The van der Waals surface area contributed by atoms with Crippen molar-refractivity contribution in [2.75, 3.05) is 24.5 Å². The monoisotopic (exact) mass is 514 g/mol. The third kappa shape index (κ3) is 4.41. The number of nitriles is 1. The van der Waals surface area contributed by atoms with E-state index in [4.69, 9.17) is 5.26 Å². The van der Waals surface area contributed by atoms with Crippen LogP contribution in [-0.4, -0.2) is 52.7 Å². The third-order valence-electron chi connectivity index (χ3n) is 7.23. The Morgan fingerprint density at radius 1 is 1.11 bits per heavy atom. The molecule has 1 atom stereocenters. The summed E-state index contributed by atoms with van der Waals surface area (Å²) >= 11 is 0. The van der Waals surface area contributed by atoms with E-state index in [-0.39, 0.29) is 49.1 Å². The number of carbonyl (C=O) groups is 3. The summed E-state index contributed by atoms with van der Waals surface area (Å²) in [6.45, 7) is -0.484. The number of amides is 3. The molecule has 2 saturated heterocycles. The third-order valence-corrected chi connectivity index (χ3v) is 7.23. The Labute approximate surface area is 209 Å². The largest absolute Gasteiger partial charge is 0.416 e. The lowest BCUT2D eigenvalue weighted by Crippen LogP contribution is -2.69. The molecule has 7 nitrogen and oxygen atoms in total. The van der Waals surface area contributed by atoms with Gasteiger partial charge in [0.1, 0.15) is 17.9 Å². The highest BCUT2D eigenvalue weighted by Gasteiger charge is 2.57. The van der Waals surface area contributed by atoms with Crippen LogP contribution in [0.25, 0.3) is 0 Å². The summed E-state index contributed by atoms with van der Waals surface area (Å²) in [7, 11) is 0. The quantitative estimate of drug-likeness (QED) is 0.585. The van der Waals surface area contributed by atoms with Gasteiger partial charge in [0.2, 0.25) is 11.8 Å². The summed E-state index contributed by atoms with van der Waals surface area (Å²) in [4.78, 5) is 44.1. The van der Waals surface area contributed by atoms with Crippen LogP contribution in [0.1, 0.15) is 36.0 Å². The molecule has 1 saturated carbocycles. The SMILES string of the molecule is N#Cc1ccc(N2CC(=O)N(Cc3ccc(C(F)(F)F)cc3)[C@]3(CCN(C(=O)C4CC4)C3)C2=O)c(F)c1. The van der Waals surface area contributed by atoms with Crippen molar-refractivity contribution in [3.8, 4) is 6.07 Å². The molecule has 11 heteroatoms. The Hall–Kier alpha value is -3.94. The number of nitrogens with zero attached hydrogens (tertiary/aromatic N) is 4. The van der Waals surface area contributed by atoms with E-state index in [1.165, 1.54) is 29.2 Å². The van der Waals surface area contributed by atoms with Gasteiger partial charge >= 0.3 is 6.18 Å². The zero-order valence-electron chi connectivity index (χ0n) is 19.6. The molecule has 192 valence electrons. The van der Waals surface area contributed by atoms with Crippen LogP contribution in [-0.2, 0) is 27.1 Å². The van der Waals surface area contributed by atoms with Crippen LogP contribution >= 0.6 is 0 Å². The van der Waals surface area contributed by atoms with E-state index in [0.717, 1.165) is 35.9 Å². The summed E-state index contributed by atoms with van der Waals surface area (Å²) in [5, 5.41) is 9.03.